The number of fused-ring (bicyclic) bond motifs is 1. The highest BCUT2D eigenvalue weighted by atomic mass is 35.5. The van der Waals surface area contributed by atoms with Crippen LogP contribution in [0.5, 0.6) is 11.5 Å². The van der Waals surface area contributed by atoms with E-state index in [9.17, 15) is 17.6 Å². The topological polar surface area (TPSA) is 56.3 Å². The van der Waals surface area contributed by atoms with Crippen molar-refractivity contribution in [2.24, 2.45) is 0 Å². The zero-order valence-corrected chi connectivity index (χ0v) is 16.3. The maximum absolute atomic E-state index is 13.7. The summed E-state index contributed by atoms with van der Waals surface area (Å²) in [6, 6.07) is 5.50. The Morgan fingerprint density at radius 1 is 0.931 bits per heavy atom. The van der Waals surface area contributed by atoms with E-state index in [1.165, 1.54) is 6.33 Å². The van der Waals surface area contributed by atoms with E-state index < -0.39 is 17.6 Å². The number of nitrogens with one attached hydrogen (secondary N) is 1. The number of hydrogen-bond donors (Lipinski definition) is 1. The van der Waals surface area contributed by atoms with Crippen LogP contribution in [0.1, 0.15) is 19.4 Å². The maximum atomic E-state index is 13.7. The van der Waals surface area contributed by atoms with Crippen LogP contribution >= 0.6 is 12.4 Å². The number of anilines is 2. The quantitative estimate of drug-likeness (QED) is 0.503. The zero-order chi connectivity index (χ0) is 20.3. The number of ether oxygens (including phenoxy) is 2. The summed E-state index contributed by atoms with van der Waals surface area (Å²) in [6.07, 6.45) is -3.41. The molecule has 0 aliphatic rings. The van der Waals surface area contributed by atoms with Crippen LogP contribution in [0.25, 0.3) is 10.9 Å². The molecule has 0 atom stereocenters. The van der Waals surface area contributed by atoms with Crippen molar-refractivity contribution < 1.29 is 27.0 Å². The minimum Gasteiger partial charge on any atom is -0.490 e. The molecule has 0 bridgehead atoms. The summed E-state index contributed by atoms with van der Waals surface area (Å²) in [5.41, 5.74) is -0.682. The minimum absolute atomic E-state index is 0. The first kappa shape index (κ1) is 22.5. The summed E-state index contributed by atoms with van der Waals surface area (Å²) in [6.45, 7) is 4.45. The lowest BCUT2D eigenvalue weighted by Crippen LogP contribution is -2.07. The van der Waals surface area contributed by atoms with Gasteiger partial charge in [0.05, 0.1) is 24.3 Å². The Labute approximate surface area is 170 Å². The average molecular weight is 432 g/mol. The zero-order valence-electron chi connectivity index (χ0n) is 15.5. The first-order valence-corrected chi connectivity index (χ1v) is 8.51. The number of halogens is 5. The fourth-order valence-corrected chi connectivity index (χ4v) is 2.66. The highest BCUT2D eigenvalue weighted by molar-refractivity contribution is 5.93. The summed E-state index contributed by atoms with van der Waals surface area (Å²) in [5.74, 6) is 0.147. The van der Waals surface area contributed by atoms with E-state index in [2.05, 4.69) is 15.3 Å². The molecule has 1 heterocycles. The highest BCUT2D eigenvalue weighted by Gasteiger charge is 2.31. The maximum Gasteiger partial charge on any atom is 0.416 e. The number of hydrogen-bond acceptors (Lipinski definition) is 5. The van der Waals surface area contributed by atoms with Crippen LogP contribution in [-0.4, -0.2) is 23.2 Å². The third-order valence-electron chi connectivity index (χ3n) is 3.79. The molecule has 0 aliphatic carbocycles. The van der Waals surface area contributed by atoms with Crippen molar-refractivity contribution in [3.63, 3.8) is 0 Å². The molecule has 10 heteroatoms. The number of aromatic nitrogens is 2. The smallest absolute Gasteiger partial charge is 0.416 e. The van der Waals surface area contributed by atoms with Gasteiger partial charge in [-0.2, -0.15) is 13.2 Å². The molecule has 0 saturated heterocycles. The number of alkyl halides is 3. The molecule has 156 valence electrons. The fourth-order valence-electron chi connectivity index (χ4n) is 2.66. The summed E-state index contributed by atoms with van der Waals surface area (Å²) in [4.78, 5) is 8.24. The molecule has 1 aromatic heterocycles. The van der Waals surface area contributed by atoms with Gasteiger partial charge < -0.3 is 14.8 Å². The molecular formula is C19H18ClF4N3O2. The molecule has 3 rings (SSSR count). The van der Waals surface area contributed by atoms with E-state index in [1.54, 1.807) is 12.1 Å². The first-order chi connectivity index (χ1) is 13.3. The Hall–Kier alpha value is -2.81. The van der Waals surface area contributed by atoms with Gasteiger partial charge in [0.1, 0.15) is 18.0 Å². The molecule has 0 spiro atoms. The second kappa shape index (κ2) is 9.13. The van der Waals surface area contributed by atoms with Crippen LogP contribution < -0.4 is 14.8 Å². The Morgan fingerprint density at radius 2 is 1.59 bits per heavy atom. The van der Waals surface area contributed by atoms with E-state index in [0.29, 0.717) is 41.7 Å². The molecule has 29 heavy (non-hydrogen) atoms. The van der Waals surface area contributed by atoms with Crippen molar-refractivity contribution in [1.29, 1.82) is 0 Å². The standard InChI is InChI=1S/C19H17F4N3O2.ClH/c1-3-27-16-8-14-15(9-17(16)28-4-2)24-10-25-18(14)26-13-6-11(19(21,22)23)5-12(20)7-13;/h5-10H,3-4H2,1-2H3,(H,24,25,26);1H. The van der Waals surface area contributed by atoms with E-state index >= 15 is 0 Å². The van der Waals surface area contributed by atoms with Crippen LogP contribution in [0.3, 0.4) is 0 Å². The summed E-state index contributed by atoms with van der Waals surface area (Å²) < 4.78 is 63.6. The van der Waals surface area contributed by atoms with E-state index in [-0.39, 0.29) is 23.9 Å². The molecule has 3 aromatic rings. The highest BCUT2D eigenvalue weighted by Crippen LogP contribution is 2.36. The van der Waals surface area contributed by atoms with Gasteiger partial charge in [0.25, 0.3) is 0 Å². The molecule has 0 aliphatic heterocycles. The van der Waals surface area contributed by atoms with Crippen molar-refractivity contribution in [3.8, 4) is 11.5 Å². The second-order valence-electron chi connectivity index (χ2n) is 5.76. The van der Waals surface area contributed by atoms with Crippen molar-refractivity contribution in [2.45, 2.75) is 20.0 Å². The third kappa shape index (κ3) is 5.17. The van der Waals surface area contributed by atoms with Gasteiger partial charge in [-0.3, -0.25) is 0 Å². The van der Waals surface area contributed by atoms with Crippen LogP contribution in [0.4, 0.5) is 29.1 Å². The average Bonchev–Trinajstić information content (AvgIpc) is 2.62. The Morgan fingerprint density at radius 3 is 2.21 bits per heavy atom. The molecule has 2 aromatic carbocycles. The predicted molar refractivity (Wildman–Crippen MR) is 104 cm³/mol. The van der Waals surface area contributed by atoms with E-state index in [4.69, 9.17) is 9.47 Å². The summed E-state index contributed by atoms with van der Waals surface area (Å²) >= 11 is 0. The number of rotatable bonds is 6. The van der Waals surface area contributed by atoms with Gasteiger partial charge >= 0.3 is 6.18 Å². The minimum atomic E-state index is -4.67. The van der Waals surface area contributed by atoms with Crippen molar-refractivity contribution in [1.82, 2.24) is 9.97 Å². The fraction of sp³-hybridized carbons (Fsp3) is 0.263. The van der Waals surface area contributed by atoms with Crippen LogP contribution in [-0.2, 0) is 6.18 Å². The lowest BCUT2D eigenvalue weighted by atomic mass is 10.1. The molecule has 0 radical (unpaired) electrons. The van der Waals surface area contributed by atoms with Gasteiger partial charge in [-0.05, 0) is 38.1 Å². The monoisotopic (exact) mass is 431 g/mol. The lowest BCUT2D eigenvalue weighted by Gasteiger charge is -2.15. The van der Waals surface area contributed by atoms with Crippen molar-refractivity contribution in [3.05, 3.63) is 48.0 Å². The lowest BCUT2D eigenvalue weighted by molar-refractivity contribution is -0.137. The van der Waals surface area contributed by atoms with Crippen LogP contribution in [0.2, 0.25) is 0 Å². The molecule has 0 unspecified atom stereocenters. The molecular weight excluding hydrogens is 414 g/mol. The van der Waals surface area contributed by atoms with Gasteiger partial charge in [0, 0.05) is 17.1 Å². The predicted octanol–water partition coefficient (Wildman–Crippen LogP) is 5.75. The Bertz CT molecular complexity index is 999. The van der Waals surface area contributed by atoms with Crippen molar-refractivity contribution in [2.75, 3.05) is 18.5 Å². The van der Waals surface area contributed by atoms with E-state index in [0.717, 1.165) is 12.1 Å². The molecule has 0 saturated carbocycles. The largest absolute Gasteiger partial charge is 0.490 e. The van der Waals surface area contributed by atoms with Gasteiger partial charge in [0.2, 0.25) is 0 Å². The number of benzene rings is 2. The number of nitrogens with zero attached hydrogens (tertiary/aromatic N) is 2. The second-order valence-corrected chi connectivity index (χ2v) is 5.76. The van der Waals surface area contributed by atoms with Crippen LogP contribution in [0, 0.1) is 5.82 Å². The van der Waals surface area contributed by atoms with Gasteiger partial charge in [-0.15, -0.1) is 12.4 Å². The molecule has 0 fully saturated rings. The van der Waals surface area contributed by atoms with Gasteiger partial charge in [0.15, 0.2) is 11.5 Å². The van der Waals surface area contributed by atoms with Gasteiger partial charge in [-0.25, -0.2) is 14.4 Å². The summed E-state index contributed by atoms with van der Waals surface area (Å²) in [5, 5.41) is 3.23. The first-order valence-electron chi connectivity index (χ1n) is 8.51. The SMILES string of the molecule is CCOc1cc2ncnc(Nc3cc(F)cc(C(F)(F)F)c3)c2cc1OCC.Cl. The normalized spacial score (nSPS) is 11.1. The van der Waals surface area contributed by atoms with Crippen molar-refractivity contribution >= 4 is 34.8 Å². The third-order valence-corrected chi connectivity index (χ3v) is 3.79. The Kier molecular flexibility index (Phi) is 7.07. The molecule has 1 N–H and O–H groups in total. The molecule has 0 amide bonds. The Balaban J connectivity index is 0.00000300. The van der Waals surface area contributed by atoms with E-state index in [1.807, 2.05) is 13.8 Å². The summed E-state index contributed by atoms with van der Waals surface area (Å²) in [7, 11) is 0. The van der Waals surface area contributed by atoms with Crippen LogP contribution in [0.15, 0.2) is 36.7 Å². The molecule has 5 nitrogen and oxygen atoms in total. The van der Waals surface area contributed by atoms with Gasteiger partial charge in [-0.1, -0.05) is 0 Å².